The van der Waals surface area contributed by atoms with Crippen molar-refractivity contribution in [2.24, 2.45) is 12.8 Å². The van der Waals surface area contributed by atoms with E-state index in [-0.39, 0.29) is 16.5 Å². The van der Waals surface area contributed by atoms with Crippen molar-refractivity contribution in [2.75, 3.05) is 13.1 Å². The Kier molecular flexibility index (Phi) is 4.31. The number of hydrogen-bond donors (Lipinski definition) is 1. The van der Waals surface area contributed by atoms with Crippen LogP contribution in [0.2, 0.25) is 0 Å². The lowest BCUT2D eigenvalue weighted by Crippen LogP contribution is -2.44. The molecule has 0 spiro atoms. The van der Waals surface area contributed by atoms with E-state index in [0.717, 1.165) is 19.3 Å². The van der Waals surface area contributed by atoms with Crippen molar-refractivity contribution in [3.05, 3.63) is 28.7 Å². The summed E-state index contributed by atoms with van der Waals surface area (Å²) in [5, 5.41) is 0. The first-order valence-electron chi connectivity index (χ1n) is 7.76. The van der Waals surface area contributed by atoms with Gasteiger partial charge in [0.15, 0.2) is 5.58 Å². The highest BCUT2D eigenvalue weighted by atomic mass is 32.2. The number of rotatable bonds is 4. The predicted molar refractivity (Wildman–Crippen MR) is 86.7 cm³/mol. The third-order valence-corrected chi connectivity index (χ3v) is 6.39. The highest BCUT2D eigenvalue weighted by Gasteiger charge is 2.33. The molecule has 0 amide bonds. The summed E-state index contributed by atoms with van der Waals surface area (Å²) in [7, 11) is -2.03. The molecule has 3 rings (SSSR count). The number of sulfonamides is 1. The number of fused-ring (bicyclic) bond motifs is 1. The lowest BCUT2D eigenvalue weighted by atomic mass is 10.0. The van der Waals surface area contributed by atoms with Crippen LogP contribution in [0.15, 0.2) is 32.3 Å². The van der Waals surface area contributed by atoms with Gasteiger partial charge in [0.25, 0.3) is 0 Å². The van der Waals surface area contributed by atoms with Crippen LogP contribution in [0.25, 0.3) is 11.1 Å². The van der Waals surface area contributed by atoms with Crippen molar-refractivity contribution < 1.29 is 12.8 Å². The minimum Gasteiger partial charge on any atom is -0.408 e. The number of aryl methyl sites for hydroxylation is 1. The Morgan fingerprint density at radius 2 is 2.13 bits per heavy atom. The van der Waals surface area contributed by atoms with Crippen LogP contribution in [0.5, 0.6) is 0 Å². The number of hydrogen-bond acceptors (Lipinski definition) is 5. The van der Waals surface area contributed by atoms with Gasteiger partial charge in [0.2, 0.25) is 10.0 Å². The fraction of sp³-hybridized carbons (Fsp3) is 0.533. The van der Waals surface area contributed by atoms with E-state index in [0.29, 0.717) is 25.0 Å². The van der Waals surface area contributed by atoms with E-state index in [1.807, 2.05) is 0 Å². The minimum atomic E-state index is -3.62. The van der Waals surface area contributed by atoms with E-state index < -0.39 is 15.8 Å². The van der Waals surface area contributed by atoms with Crippen molar-refractivity contribution in [3.63, 3.8) is 0 Å². The van der Waals surface area contributed by atoms with Gasteiger partial charge < -0.3 is 10.2 Å². The summed E-state index contributed by atoms with van der Waals surface area (Å²) in [5.41, 5.74) is 6.48. The molecule has 1 aromatic heterocycles. The van der Waals surface area contributed by atoms with Crippen LogP contribution in [0, 0.1) is 0 Å². The van der Waals surface area contributed by atoms with E-state index in [9.17, 15) is 13.2 Å². The van der Waals surface area contributed by atoms with Gasteiger partial charge in [-0.1, -0.05) is 6.42 Å². The molecule has 1 saturated heterocycles. The predicted octanol–water partition coefficient (Wildman–Crippen LogP) is 1.02. The highest BCUT2D eigenvalue weighted by Crippen LogP contribution is 2.28. The van der Waals surface area contributed by atoms with Gasteiger partial charge in [-0.2, -0.15) is 4.31 Å². The maximum atomic E-state index is 13.0. The fourth-order valence-electron chi connectivity index (χ4n) is 3.18. The first-order valence-corrected chi connectivity index (χ1v) is 9.20. The number of nitrogens with two attached hydrogens (primary N) is 1. The second-order valence-corrected chi connectivity index (χ2v) is 7.79. The van der Waals surface area contributed by atoms with Crippen LogP contribution in [-0.2, 0) is 17.1 Å². The monoisotopic (exact) mass is 339 g/mol. The summed E-state index contributed by atoms with van der Waals surface area (Å²) in [4.78, 5) is 11.7. The standard InChI is InChI=1S/C15H21N3O4S/c1-17-13-6-5-12(10-14(13)22-15(17)19)23(20,21)18-9-3-2-4-11(18)7-8-16/h5-6,10-11H,2-4,7-9,16H2,1H3. The molecule has 1 atom stereocenters. The lowest BCUT2D eigenvalue weighted by molar-refractivity contribution is 0.243. The Morgan fingerprint density at radius 3 is 2.87 bits per heavy atom. The molecule has 1 unspecified atom stereocenters. The average Bonchev–Trinajstić information content (AvgIpc) is 2.82. The number of aromatic nitrogens is 1. The zero-order chi connectivity index (χ0) is 16.6. The number of oxazole rings is 1. The first-order chi connectivity index (χ1) is 10.9. The molecule has 2 aromatic rings. The lowest BCUT2D eigenvalue weighted by Gasteiger charge is -2.34. The van der Waals surface area contributed by atoms with Gasteiger partial charge in [0.05, 0.1) is 10.4 Å². The summed E-state index contributed by atoms with van der Waals surface area (Å²) < 4.78 is 33.9. The van der Waals surface area contributed by atoms with Crippen molar-refractivity contribution in [1.29, 1.82) is 0 Å². The Balaban J connectivity index is 2.02. The summed E-state index contributed by atoms with van der Waals surface area (Å²) in [6.45, 7) is 0.965. The van der Waals surface area contributed by atoms with Gasteiger partial charge in [0, 0.05) is 25.7 Å². The quantitative estimate of drug-likeness (QED) is 0.897. The molecule has 1 fully saturated rings. The second-order valence-electron chi connectivity index (χ2n) is 5.90. The van der Waals surface area contributed by atoms with Gasteiger partial charge in [-0.3, -0.25) is 4.57 Å². The zero-order valence-electron chi connectivity index (χ0n) is 13.1. The molecule has 2 N–H and O–H groups in total. The maximum Gasteiger partial charge on any atom is 0.419 e. The molecule has 8 heteroatoms. The van der Waals surface area contributed by atoms with Crippen LogP contribution in [0.3, 0.4) is 0 Å². The van der Waals surface area contributed by atoms with Crippen LogP contribution in [0.4, 0.5) is 0 Å². The zero-order valence-corrected chi connectivity index (χ0v) is 13.9. The summed E-state index contributed by atoms with van der Waals surface area (Å²) in [6.07, 6.45) is 3.35. The molecule has 23 heavy (non-hydrogen) atoms. The summed E-state index contributed by atoms with van der Waals surface area (Å²) in [5.74, 6) is -0.506. The molecule has 0 radical (unpaired) electrons. The van der Waals surface area contributed by atoms with Crippen molar-refractivity contribution in [2.45, 2.75) is 36.6 Å². The molecular formula is C15H21N3O4S. The average molecular weight is 339 g/mol. The Hall–Kier alpha value is -1.64. The van der Waals surface area contributed by atoms with Gasteiger partial charge in [0.1, 0.15) is 0 Å². The van der Waals surface area contributed by atoms with E-state index >= 15 is 0 Å². The summed E-state index contributed by atoms with van der Waals surface area (Å²) in [6, 6.07) is 4.51. The Morgan fingerprint density at radius 1 is 1.35 bits per heavy atom. The molecule has 1 aromatic carbocycles. The van der Waals surface area contributed by atoms with Crippen molar-refractivity contribution >= 4 is 21.1 Å². The molecule has 0 aliphatic carbocycles. The molecule has 0 bridgehead atoms. The maximum absolute atomic E-state index is 13.0. The van der Waals surface area contributed by atoms with Crippen LogP contribution < -0.4 is 11.5 Å². The number of piperidine rings is 1. The molecule has 0 saturated carbocycles. The third-order valence-electron chi connectivity index (χ3n) is 4.44. The van der Waals surface area contributed by atoms with Gasteiger partial charge in [-0.05, 0) is 37.9 Å². The van der Waals surface area contributed by atoms with Crippen LogP contribution >= 0.6 is 0 Å². The van der Waals surface area contributed by atoms with Crippen molar-refractivity contribution in [1.82, 2.24) is 8.87 Å². The fourth-order valence-corrected chi connectivity index (χ4v) is 4.92. The summed E-state index contributed by atoms with van der Waals surface area (Å²) >= 11 is 0. The van der Waals surface area contributed by atoms with E-state index in [1.165, 1.54) is 16.7 Å². The largest absolute Gasteiger partial charge is 0.419 e. The molecule has 126 valence electrons. The van der Waals surface area contributed by atoms with Crippen LogP contribution in [0.1, 0.15) is 25.7 Å². The molecule has 1 aliphatic heterocycles. The SMILES string of the molecule is Cn1c(=O)oc2cc(S(=O)(=O)N3CCCCC3CCN)ccc21. The Labute approximate surface area is 134 Å². The number of nitrogens with zero attached hydrogens (tertiary/aromatic N) is 2. The minimum absolute atomic E-state index is 0.0581. The molecular weight excluding hydrogens is 318 g/mol. The highest BCUT2D eigenvalue weighted by molar-refractivity contribution is 7.89. The normalized spacial score (nSPS) is 20.2. The third kappa shape index (κ3) is 2.82. The van der Waals surface area contributed by atoms with E-state index in [1.54, 1.807) is 17.4 Å². The van der Waals surface area contributed by atoms with Gasteiger partial charge >= 0.3 is 5.76 Å². The smallest absolute Gasteiger partial charge is 0.408 e. The van der Waals surface area contributed by atoms with E-state index in [4.69, 9.17) is 10.2 Å². The van der Waals surface area contributed by atoms with Crippen molar-refractivity contribution in [3.8, 4) is 0 Å². The molecule has 7 nitrogen and oxygen atoms in total. The van der Waals surface area contributed by atoms with Crippen LogP contribution in [-0.4, -0.2) is 36.4 Å². The second kappa shape index (κ2) is 6.10. The molecule has 1 aliphatic rings. The Bertz CT molecular complexity index is 866. The molecule has 2 heterocycles. The number of benzene rings is 1. The first kappa shape index (κ1) is 16.2. The van der Waals surface area contributed by atoms with Gasteiger partial charge in [-0.15, -0.1) is 0 Å². The van der Waals surface area contributed by atoms with Gasteiger partial charge in [-0.25, -0.2) is 13.2 Å². The van der Waals surface area contributed by atoms with E-state index in [2.05, 4.69) is 0 Å². The topological polar surface area (TPSA) is 98.5 Å².